The fourth-order valence-electron chi connectivity index (χ4n) is 4.18. The third kappa shape index (κ3) is 5.30. The average Bonchev–Trinajstić information content (AvgIpc) is 3.27. The third-order valence-corrected chi connectivity index (χ3v) is 5.90. The summed E-state index contributed by atoms with van der Waals surface area (Å²) < 4.78 is 13.3. The van der Waals surface area contributed by atoms with Gasteiger partial charge in [-0.3, -0.25) is 4.57 Å². The fourth-order valence-corrected chi connectivity index (χ4v) is 4.18. The highest BCUT2D eigenvalue weighted by molar-refractivity contribution is 5.86. The quantitative estimate of drug-likeness (QED) is 0.344. The van der Waals surface area contributed by atoms with Crippen molar-refractivity contribution < 1.29 is 9.47 Å². The summed E-state index contributed by atoms with van der Waals surface area (Å²) >= 11 is 0. The van der Waals surface area contributed by atoms with Crippen LogP contribution in [0.4, 0.5) is 23.1 Å². The minimum Gasteiger partial charge on any atom is -0.492 e. The van der Waals surface area contributed by atoms with Crippen LogP contribution in [0.1, 0.15) is 19.9 Å². The predicted octanol–water partition coefficient (Wildman–Crippen LogP) is 4.48. The second-order valence-corrected chi connectivity index (χ2v) is 8.65. The summed E-state index contributed by atoms with van der Waals surface area (Å²) in [6, 6.07) is 18.4. The zero-order chi connectivity index (χ0) is 24.0. The van der Waals surface area contributed by atoms with Crippen LogP contribution in [-0.2, 0) is 4.74 Å². The Morgan fingerprint density at radius 3 is 2.51 bits per heavy atom. The highest BCUT2D eigenvalue weighted by atomic mass is 16.5. The number of hydrogen-bond acceptors (Lipinski definition) is 8. The summed E-state index contributed by atoms with van der Waals surface area (Å²) in [6.07, 6.45) is 1.57. The van der Waals surface area contributed by atoms with E-state index < -0.39 is 0 Å². The van der Waals surface area contributed by atoms with Crippen molar-refractivity contribution in [2.24, 2.45) is 0 Å². The number of imidazole rings is 1. The largest absolute Gasteiger partial charge is 0.492 e. The summed E-state index contributed by atoms with van der Waals surface area (Å²) in [7, 11) is 0. The summed E-state index contributed by atoms with van der Waals surface area (Å²) in [5.41, 5.74) is 3.69. The van der Waals surface area contributed by atoms with Crippen LogP contribution in [0.25, 0.3) is 11.2 Å². The molecule has 9 heteroatoms. The zero-order valence-corrected chi connectivity index (χ0v) is 20.1. The van der Waals surface area contributed by atoms with Crippen LogP contribution in [0, 0.1) is 0 Å². The van der Waals surface area contributed by atoms with Gasteiger partial charge in [0.15, 0.2) is 17.0 Å². The van der Waals surface area contributed by atoms with Crippen molar-refractivity contribution >= 4 is 34.3 Å². The van der Waals surface area contributed by atoms with Crippen LogP contribution < -0.4 is 20.3 Å². The van der Waals surface area contributed by atoms with Gasteiger partial charge in [0.2, 0.25) is 5.95 Å². The van der Waals surface area contributed by atoms with Crippen LogP contribution in [0.2, 0.25) is 0 Å². The molecule has 1 saturated heterocycles. The molecular formula is C26H31N7O2. The number of rotatable bonds is 9. The van der Waals surface area contributed by atoms with Crippen molar-refractivity contribution in [3.8, 4) is 5.75 Å². The highest BCUT2D eigenvalue weighted by Crippen LogP contribution is 2.29. The number of fused-ring (bicyclic) bond motifs is 1. The summed E-state index contributed by atoms with van der Waals surface area (Å²) in [4.78, 5) is 16.2. The minimum absolute atomic E-state index is 0.166. The molecule has 4 aromatic rings. The van der Waals surface area contributed by atoms with Crippen molar-refractivity contribution in [1.29, 1.82) is 0 Å². The number of nitrogens with zero attached hydrogens (tertiary/aromatic N) is 5. The molecule has 5 rings (SSSR count). The average molecular weight is 474 g/mol. The Hall–Kier alpha value is -3.85. The van der Waals surface area contributed by atoms with Crippen molar-refractivity contribution in [2.45, 2.75) is 19.9 Å². The van der Waals surface area contributed by atoms with Crippen LogP contribution in [0.3, 0.4) is 0 Å². The lowest BCUT2D eigenvalue weighted by molar-refractivity contribution is 0.122. The molecule has 9 nitrogen and oxygen atoms in total. The molecule has 1 aliphatic heterocycles. The number of ether oxygens (including phenoxy) is 2. The first-order chi connectivity index (χ1) is 17.2. The summed E-state index contributed by atoms with van der Waals surface area (Å²) in [5, 5.41) is 6.83. The molecule has 0 bridgehead atoms. The van der Waals surface area contributed by atoms with Crippen molar-refractivity contribution in [2.75, 3.05) is 55.0 Å². The lowest BCUT2D eigenvalue weighted by atomic mass is 10.2. The maximum absolute atomic E-state index is 5.79. The van der Waals surface area contributed by atoms with E-state index in [9.17, 15) is 0 Å². The molecule has 0 atom stereocenters. The number of morpholine rings is 1. The molecule has 0 saturated carbocycles. The molecule has 0 amide bonds. The van der Waals surface area contributed by atoms with Gasteiger partial charge in [-0.15, -0.1) is 0 Å². The van der Waals surface area contributed by atoms with Gasteiger partial charge in [0, 0.05) is 30.5 Å². The summed E-state index contributed by atoms with van der Waals surface area (Å²) in [6.45, 7) is 8.74. The number of benzene rings is 2. The number of hydrogen-bond donors (Lipinski definition) is 2. The Balaban J connectivity index is 1.32. The highest BCUT2D eigenvalue weighted by Gasteiger charge is 2.18. The standard InChI is InChI=1S/C26H31N7O2/c1-19(2)33-25-23(24(28-18-29-25)27-12-15-35-22-6-4-3-5-7-22)31-26(33)30-20-8-10-21(11-9-20)32-13-16-34-17-14-32/h3-11,18-19H,12-17H2,1-2H3,(H,30,31)(H,27,28,29). The molecule has 3 heterocycles. The maximum atomic E-state index is 5.79. The van der Waals surface area contributed by atoms with Gasteiger partial charge in [0.1, 0.15) is 18.7 Å². The molecule has 182 valence electrons. The number of para-hydroxylation sites is 1. The van der Waals surface area contributed by atoms with Crippen molar-refractivity contribution in [3.05, 3.63) is 60.9 Å². The van der Waals surface area contributed by atoms with E-state index in [0.717, 1.165) is 54.9 Å². The smallest absolute Gasteiger partial charge is 0.210 e. The lowest BCUT2D eigenvalue weighted by Crippen LogP contribution is -2.36. The van der Waals surface area contributed by atoms with Gasteiger partial charge in [-0.05, 0) is 50.2 Å². The van der Waals surface area contributed by atoms with Crippen LogP contribution in [0.5, 0.6) is 5.75 Å². The normalized spacial score (nSPS) is 13.9. The first kappa shape index (κ1) is 22.9. The zero-order valence-electron chi connectivity index (χ0n) is 20.1. The van der Waals surface area contributed by atoms with Crippen molar-refractivity contribution in [3.63, 3.8) is 0 Å². The van der Waals surface area contributed by atoms with Gasteiger partial charge >= 0.3 is 0 Å². The van der Waals surface area contributed by atoms with Crippen molar-refractivity contribution in [1.82, 2.24) is 19.5 Å². The molecule has 1 fully saturated rings. The number of aromatic nitrogens is 4. The van der Waals surface area contributed by atoms with Gasteiger partial charge in [0.05, 0.1) is 19.8 Å². The molecule has 0 unspecified atom stereocenters. The molecule has 35 heavy (non-hydrogen) atoms. The second-order valence-electron chi connectivity index (χ2n) is 8.65. The van der Waals surface area contributed by atoms with E-state index in [1.54, 1.807) is 6.33 Å². The van der Waals surface area contributed by atoms with Crippen LogP contribution in [-0.4, -0.2) is 59.0 Å². The van der Waals surface area contributed by atoms with E-state index in [-0.39, 0.29) is 6.04 Å². The van der Waals surface area contributed by atoms with Crippen LogP contribution in [0.15, 0.2) is 60.9 Å². The molecular weight excluding hydrogens is 442 g/mol. The Kier molecular flexibility index (Phi) is 6.94. The Labute approximate surface area is 205 Å². The van der Waals surface area contributed by atoms with E-state index in [4.69, 9.17) is 14.5 Å². The predicted molar refractivity (Wildman–Crippen MR) is 139 cm³/mol. The number of nitrogens with one attached hydrogen (secondary N) is 2. The fraction of sp³-hybridized carbons (Fsp3) is 0.346. The maximum Gasteiger partial charge on any atom is 0.210 e. The van der Waals surface area contributed by atoms with E-state index in [1.807, 2.05) is 30.3 Å². The van der Waals surface area contributed by atoms with E-state index >= 15 is 0 Å². The molecule has 0 spiro atoms. The topological polar surface area (TPSA) is 89.4 Å². The first-order valence-corrected chi connectivity index (χ1v) is 12.0. The van der Waals surface area contributed by atoms with Gasteiger partial charge < -0.3 is 25.0 Å². The number of anilines is 4. The van der Waals surface area contributed by atoms with Gasteiger partial charge in [0.25, 0.3) is 0 Å². The third-order valence-electron chi connectivity index (χ3n) is 5.90. The molecule has 1 aliphatic rings. The SMILES string of the molecule is CC(C)n1c(Nc2ccc(N3CCOCC3)cc2)nc2c(NCCOc3ccccc3)ncnc21. The lowest BCUT2D eigenvalue weighted by Gasteiger charge is -2.28. The Bertz CT molecular complexity index is 1240. The van der Waals surface area contributed by atoms with Crippen LogP contribution >= 0.6 is 0 Å². The molecule has 2 aromatic heterocycles. The monoisotopic (exact) mass is 473 g/mol. The Morgan fingerprint density at radius 2 is 1.77 bits per heavy atom. The van der Waals surface area contributed by atoms with Gasteiger partial charge in [-0.25, -0.2) is 15.0 Å². The van der Waals surface area contributed by atoms with E-state index in [0.29, 0.717) is 19.0 Å². The van der Waals surface area contributed by atoms with E-state index in [1.165, 1.54) is 5.69 Å². The van der Waals surface area contributed by atoms with E-state index in [2.05, 4.69) is 68.2 Å². The Morgan fingerprint density at radius 1 is 1.00 bits per heavy atom. The second kappa shape index (κ2) is 10.6. The van der Waals surface area contributed by atoms with Gasteiger partial charge in [-0.2, -0.15) is 0 Å². The summed E-state index contributed by atoms with van der Waals surface area (Å²) in [5.74, 6) is 2.27. The minimum atomic E-state index is 0.166. The molecule has 2 aromatic carbocycles. The molecule has 0 aliphatic carbocycles. The van der Waals surface area contributed by atoms with Gasteiger partial charge in [-0.1, -0.05) is 18.2 Å². The molecule has 2 N–H and O–H groups in total. The first-order valence-electron chi connectivity index (χ1n) is 12.0. The molecule has 0 radical (unpaired) electrons.